The van der Waals surface area contributed by atoms with Gasteiger partial charge in [-0.25, -0.2) is 9.59 Å². The van der Waals surface area contributed by atoms with Gasteiger partial charge in [-0.3, -0.25) is 19.1 Å². The minimum Gasteiger partial charge on any atom is -0.465 e. The molecular weight excluding hydrogens is 339 g/mol. The molecule has 9 nitrogen and oxygen atoms in total. The lowest BCUT2D eigenvalue weighted by Crippen LogP contribution is -2.43. The van der Waals surface area contributed by atoms with Crippen LogP contribution in [0.25, 0.3) is 0 Å². The first-order valence-electron chi connectivity index (χ1n) is 7.74. The molecule has 10 heteroatoms. The zero-order valence-corrected chi connectivity index (χ0v) is 14.0. The predicted molar refractivity (Wildman–Crippen MR) is 81.2 cm³/mol. The summed E-state index contributed by atoms with van der Waals surface area (Å²) in [5, 5.41) is 0. The van der Waals surface area contributed by atoms with Gasteiger partial charge in [0.15, 0.2) is 6.10 Å². The highest BCUT2D eigenvalue weighted by Crippen LogP contribution is 2.44. The monoisotopic (exact) mass is 358 g/mol. The SMILES string of the molecule is CCOC(=O)C1OC(n2cc(F)c(=O)[nH]c2=O)CC1(C)C(=O)OCC. The average molecular weight is 358 g/mol. The van der Waals surface area contributed by atoms with E-state index in [2.05, 4.69) is 0 Å². The molecule has 0 amide bonds. The van der Waals surface area contributed by atoms with E-state index in [0.717, 1.165) is 4.57 Å². The summed E-state index contributed by atoms with van der Waals surface area (Å²) in [5.74, 6) is -2.69. The van der Waals surface area contributed by atoms with E-state index in [0.29, 0.717) is 6.20 Å². The molecule has 0 aliphatic carbocycles. The summed E-state index contributed by atoms with van der Waals surface area (Å²) in [4.78, 5) is 49.4. The number of nitrogens with one attached hydrogen (secondary N) is 1. The molecule has 25 heavy (non-hydrogen) atoms. The van der Waals surface area contributed by atoms with Crippen LogP contribution in [0.4, 0.5) is 4.39 Å². The molecule has 0 spiro atoms. The predicted octanol–water partition coefficient (Wildman–Crippen LogP) is 0.0957. The molecule has 0 aromatic carbocycles. The smallest absolute Gasteiger partial charge is 0.336 e. The van der Waals surface area contributed by atoms with Gasteiger partial charge in [0.05, 0.1) is 19.4 Å². The van der Waals surface area contributed by atoms with E-state index >= 15 is 0 Å². The van der Waals surface area contributed by atoms with Crippen LogP contribution < -0.4 is 11.2 Å². The third-order valence-electron chi connectivity index (χ3n) is 3.95. The van der Waals surface area contributed by atoms with Gasteiger partial charge in [0, 0.05) is 6.42 Å². The molecule has 1 aromatic rings. The van der Waals surface area contributed by atoms with Crippen molar-refractivity contribution in [2.45, 2.75) is 39.5 Å². The molecule has 1 aromatic heterocycles. The van der Waals surface area contributed by atoms with Crippen molar-refractivity contribution in [3.05, 3.63) is 32.9 Å². The average Bonchev–Trinajstić information content (AvgIpc) is 2.90. The molecule has 1 fully saturated rings. The van der Waals surface area contributed by atoms with Crippen LogP contribution in [-0.4, -0.2) is 40.8 Å². The minimum atomic E-state index is -1.43. The molecule has 0 saturated carbocycles. The summed E-state index contributed by atoms with van der Waals surface area (Å²) >= 11 is 0. The number of aromatic nitrogens is 2. The Morgan fingerprint density at radius 1 is 1.36 bits per heavy atom. The first-order chi connectivity index (χ1) is 11.7. The summed E-state index contributed by atoms with van der Waals surface area (Å²) in [7, 11) is 0. The molecule has 1 aliphatic heterocycles. The summed E-state index contributed by atoms with van der Waals surface area (Å²) < 4.78 is 29.7. The number of carbonyl (C=O) groups excluding carboxylic acids is 2. The second-order valence-electron chi connectivity index (χ2n) is 5.71. The van der Waals surface area contributed by atoms with Crippen molar-refractivity contribution < 1.29 is 28.2 Å². The molecule has 2 rings (SSSR count). The van der Waals surface area contributed by atoms with Crippen molar-refractivity contribution in [3.8, 4) is 0 Å². The highest BCUT2D eigenvalue weighted by Gasteiger charge is 2.56. The van der Waals surface area contributed by atoms with Crippen molar-refractivity contribution in [2.75, 3.05) is 13.2 Å². The number of rotatable bonds is 5. The zero-order chi connectivity index (χ0) is 18.8. The van der Waals surface area contributed by atoms with Gasteiger partial charge >= 0.3 is 17.6 Å². The largest absolute Gasteiger partial charge is 0.465 e. The lowest BCUT2D eigenvalue weighted by atomic mass is 9.82. The van der Waals surface area contributed by atoms with Gasteiger partial charge in [-0.1, -0.05) is 0 Å². The molecule has 2 heterocycles. The zero-order valence-electron chi connectivity index (χ0n) is 14.0. The first-order valence-corrected chi connectivity index (χ1v) is 7.74. The molecule has 1 N–H and O–H groups in total. The summed E-state index contributed by atoms with van der Waals surface area (Å²) in [5.41, 5.74) is -3.53. The number of esters is 2. The Morgan fingerprint density at radius 2 is 2.00 bits per heavy atom. The Hall–Kier alpha value is -2.49. The van der Waals surface area contributed by atoms with E-state index < -0.39 is 46.8 Å². The Balaban J connectivity index is 2.43. The fourth-order valence-electron chi connectivity index (χ4n) is 2.68. The Kier molecular flexibility index (Phi) is 5.41. The van der Waals surface area contributed by atoms with E-state index in [1.165, 1.54) is 6.92 Å². The lowest BCUT2D eigenvalue weighted by molar-refractivity contribution is -0.172. The Morgan fingerprint density at radius 3 is 2.60 bits per heavy atom. The Labute approximate surface area is 141 Å². The minimum absolute atomic E-state index is 0.0650. The third-order valence-corrected chi connectivity index (χ3v) is 3.95. The van der Waals surface area contributed by atoms with Crippen LogP contribution in [0.1, 0.15) is 33.4 Å². The van der Waals surface area contributed by atoms with Crippen molar-refractivity contribution in [1.82, 2.24) is 9.55 Å². The summed E-state index contributed by atoms with van der Waals surface area (Å²) in [6, 6.07) is 0. The number of ether oxygens (including phenoxy) is 3. The quantitative estimate of drug-likeness (QED) is 0.742. The number of hydrogen-bond donors (Lipinski definition) is 1. The fraction of sp³-hybridized carbons (Fsp3) is 0.600. The van der Waals surface area contributed by atoms with Gasteiger partial charge in [-0.15, -0.1) is 0 Å². The van der Waals surface area contributed by atoms with Gasteiger partial charge in [0.2, 0.25) is 5.82 Å². The maximum absolute atomic E-state index is 13.5. The second-order valence-corrected chi connectivity index (χ2v) is 5.71. The van der Waals surface area contributed by atoms with Crippen LogP contribution in [0.15, 0.2) is 15.8 Å². The van der Waals surface area contributed by atoms with Crippen LogP contribution in [0.3, 0.4) is 0 Å². The number of aromatic amines is 1. The van der Waals surface area contributed by atoms with Crippen LogP contribution in [-0.2, 0) is 23.8 Å². The van der Waals surface area contributed by atoms with Gasteiger partial charge < -0.3 is 14.2 Å². The number of halogens is 1. The molecular formula is C15H19FN2O7. The van der Waals surface area contributed by atoms with E-state index in [-0.39, 0.29) is 19.6 Å². The number of carbonyl (C=O) groups is 2. The highest BCUT2D eigenvalue weighted by atomic mass is 19.1. The topological polar surface area (TPSA) is 117 Å². The van der Waals surface area contributed by atoms with E-state index in [1.54, 1.807) is 18.8 Å². The number of nitrogens with zero attached hydrogens (tertiary/aromatic N) is 1. The normalized spacial score (nSPS) is 25.6. The molecule has 3 atom stereocenters. The maximum Gasteiger partial charge on any atom is 0.336 e. The standard InChI is InChI=1S/C15H19FN2O7/c1-4-23-12(20)10-15(3,13(21)24-5-2)6-9(25-10)18-7-8(16)11(19)17-14(18)22/h7,9-10H,4-6H2,1-3H3,(H,17,19,22). The summed E-state index contributed by atoms with van der Waals surface area (Å²) in [6.07, 6.45) is -1.95. The molecule has 0 bridgehead atoms. The molecule has 3 unspecified atom stereocenters. The number of H-pyrrole nitrogens is 1. The van der Waals surface area contributed by atoms with Crippen LogP contribution in [0.2, 0.25) is 0 Å². The van der Waals surface area contributed by atoms with Crippen LogP contribution in [0, 0.1) is 11.2 Å². The van der Waals surface area contributed by atoms with Gasteiger partial charge in [-0.2, -0.15) is 4.39 Å². The van der Waals surface area contributed by atoms with E-state index in [1.807, 2.05) is 0 Å². The van der Waals surface area contributed by atoms with Crippen molar-refractivity contribution in [1.29, 1.82) is 0 Å². The third kappa shape index (κ3) is 3.48. The van der Waals surface area contributed by atoms with Crippen molar-refractivity contribution >= 4 is 11.9 Å². The molecule has 138 valence electrons. The Bertz CT molecular complexity index is 787. The first kappa shape index (κ1) is 18.8. The van der Waals surface area contributed by atoms with Crippen molar-refractivity contribution in [3.63, 3.8) is 0 Å². The van der Waals surface area contributed by atoms with E-state index in [4.69, 9.17) is 14.2 Å². The highest BCUT2D eigenvalue weighted by molar-refractivity contribution is 5.87. The molecule has 1 saturated heterocycles. The van der Waals surface area contributed by atoms with E-state index in [9.17, 15) is 23.6 Å². The lowest BCUT2D eigenvalue weighted by Gasteiger charge is -2.25. The molecule has 0 radical (unpaired) electrons. The van der Waals surface area contributed by atoms with Crippen LogP contribution in [0.5, 0.6) is 0 Å². The molecule has 1 aliphatic rings. The summed E-state index contributed by atoms with van der Waals surface area (Å²) in [6.45, 7) is 4.79. The van der Waals surface area contributed by atoms with Gasteiger partial charge in [-0.05, 0) is 20.8 Å². The second kappa shape index (κ2) is 7.18. The van der Waals surface area contributed by atoms with Crippen molar-refractivity contribution in [2.24, 2.45) is 5.41 Å². The van der Waals surface area contributed by atoms with Gasteiger partial charge in [0.1, 0.15) is 11.6 Å². The van der Waals surface area contributed by atoms with Crippen LogP contribution >= 0.6 is 0 Å². The maximum atomic E-state index is 13.5. The number of hydrogen-bond acceptors (Lipinski definition) is 7. The fourth-order valence-corrected chi connectivity index (χ4v) is 2.68. The van der Waals surface area contributed by atoms with Gasteiger partial charge in [0.25, 0.3) is 5.56 Å².